The third-order valence-corrected chi connectivity index (χ3v) is 2.15. The van der Waals surface area contributed by atoms with Crippen LogP contribution in [0.25, 0.3) is 11.3 Å². The van der Waals surface area contributed by atoms with Gasteiger partial charge in [-0.2, -0.15) is 0 Å². The zero-order chi connectivity index (χ0) is 14.3. The second-order valence-corrected chi connectivity index (χ2v) is 3.32. The number of aromatic nitrogens is 1. The predicted molar refractivity (Wildman–Crippen MR) is 64.2 cm³/mol. The molecule has 1 aromatic carbocycles. The lowest BCUT2D eigenvalue weighted by atomic mass is 10.1. The first-order valence-corrected chi connectivity index (χ1v) is 5.00. The van der Waals surface area contributed by atoms with Crippen LogP contribution < -0.4 is 0 Å². The highest BCUT2D eigenvalue weighted by Crippen LogP contribution is 2.18. The van der Waals surface area contributed by atoms with Crippen molar-refractivity contribution in [1.82, 2.24) is 4.98 Å². The first kappa shape index (κ1) is 14.2. The fraction of sp³-hybridized carbons (Fsp3) is 0. The average molecular weight is 264 g/mol. The molecular weight excluding hydrogens is 255 g/mol. The molecule has 0 atom stereocenters. The van der Waals surface area contributed by atoms with Crippen molar-refractivity contribution in [1.29, 1.82) is 0 Å². The van der Waals surface area contributed by atoms with Crippen molar-refractivity contribution in [3.05, 3.63) is 58.9 Å². The van der Waals surface area contributed by atoms with Crippen molar-refractivity contribution in [3.63, 3.8) is 0 Å². The van der Waals surface area contributed by atoms with Crippen LogP contribution in [0.2, 0.25) is 0 Å². The summed E-state index contributed by atoms with van der Waals surface area (Å²) in [6.07, 6.45) is 1.42. The van der Waals surface area contributed by atoms with Crippen LogP contribution >= 0.6 is 0 Å². The van der Waals surface area contributed by atoms with E-state index in [1.807, 2.05) is 0 Å². The van der Waals surface area contributed by atoms with Crippen molar-refractivity contribution in [2.75, 3.05) is 0 Å². The van der Waals surface area contributed by atoms with Gasteiger partial charge < -0.3 is 10.3 Å². The standard InChI is InChI=1S/C12H8FNO2.HNO2/c13-10-3-1-8(2-4-10)11-7-9(12(15)16)5-6-14-11;2-1-3/h1-7H,(H,15,16);(H,2,3). The topological polar surface area (TPSA) is 99.8 Å². The molecular formula is C12H9FN2O4. The Morgan fingerprint density at radius 2 is 1.79 bits per heavy atom. The minimum absolute atomic E-state index is 0.161. The van der Waals surface area contributed by atoms with Crippen LogP contribution in [-0.2, 0) is 0 Å². The van der Waals surface area contributed by atoms with E-state index < -0.39 is 5.97 Å². The number of carbonyl (C=O) groups is 1. The molecule has 0 bridgehead atoms. The summed E-state index contributed by atoms with van der Waals surface area (Å²) in [5.74, 6) is -1.34. The van der Waals surface area contributed by atoms with Gasteiger partial charge in [0.05, 0.1) is 11.3 Å². The third-order valence-electron chi connectivity index (χ3n) is 2.15. The molecule has 0 spiro atoms. The van der Waals surface area contributed by atoms with Crippen LogP contribution in [0.3, 0.4) is 0 Å². The number of carboxylic acid groups (broad SMARTS) is 1. The van der Waals surface area contributed by atoms with Gasteiger partial charge in [-0.1, -0.05) is 0 Å². The molecule has 2 rings (SSSR count). The van der Waals surface area contributed by atoms with Gasteiger partial charge in [0, 0.05) is 11.8 Å². The number of benzene rings is 1. The van der Waals surface area contributed by atoms with Crippen LogP contribution in [0.1, 0.15) is 10.4 Å². The van der Waals surface area contributed by atoms with E-state index in [0.717, 1.165) is 0 Å². The van der Waals surface area contributed by atoms with E-state index in [9.17, 15) is 9.18 Å². The molecule has 0 saturated heterocycles. The molecule has 6 nitrogen and oxygen atoms in total. The molecule has 0 radical (unpaired) electrons. The van der Waals surface area contributed by atoms with Crippen molar-refractivity contribution >= 4 is 5.97 Å². The summed E-state index contributed by atoms with van der Waals surface area (Å²) < 4.78 is 12.7. The normalized spacial score (nSPS) is 9.11. The van der Waals surface area contributed by atoms with E-state index in [0.29, 0.717) is 11.3 Å². The molecule has 1 heterocycles. The molecule has 0 amide bonds. The highest BCUT2D eigenvalue weighted by Gasteiger charge is 2.05. The summed E-state index contributed by atoms with van der Waals surface area (Å²) in [5, 5.41) is 16.7. The predicted octanol–water partition coefficient (Wildman–Crippen LogP) is 2.73. The Labute approximate surface area is 107 Å². The maximum atomic E-state index is 12.7. The highest BCUT2D eigenvalue weighted by molar-refractivity contribution is 5.88. The van der Waals surface area contributed by atoms with Gasteiger partial charge in [-0.25, -0.2) is 9.18 Å². The molecule has 0 aliphatic rings. The number of hydrogen-bond acceptors (Lipinski definition) is 4. The van der Waals surface area contributed by atoms with Crippen LogP contribution in [0.4, 0.5) is 4.39 Å². The number of aromatic carboxylic acids is 1. The van der Waals surface area contributed by atoms with Gasteiger partial charge in [-0.15, -0.1) is 4.91 Å². The summed E-state index contributed by atoms with van der Waals surface area (Å²) in [5.41, 5.74) is 1.36. The Kier molecular flexibility index (Phi) is 5.09. The molecule has 1 aromatic heterocycles. The molecule has 0 aliphatic heterocycles. The van der Waals surface area contributed by atoms with E-state index in [1.165, 1.54) is 35.8 Å². The number of carboxylic acids is 1. The fourth-order valence-corrected chi connectivity index (χ4v) is 1.34. The maximum absolute atomic E-state index is 12.7. The van der Waals surface area contributed by atoms with Gasteiger partial charge in [-0.3, -0.25) is 4.98 Å². The lowest BCUT2D eigenvalue weighted by molar-refractivity contribution is 0.0697. The second kappa shape index (κ2) is 6.80. The van der Waals surface area contributed by atoms with Gasteiger partial charge in [0.15, 0.2) is 5.34 Å². The molecule has 98 valence electrons. The quantitative estimate of drug-likeness (QED) is 0.641. The SMILES string of the molecule is O=C(O)c1ccnc(-c2ccc(F)cc2)c1.O=NO. The fourth-order valence-electron chi connectivity index (χ4n) is 1.34. The minimum atomic E-state index is -1.01. The summed E-state index contributed by atoms with van der Waals surface area (Å²) in [6, 6.07) is 8.60. The van der Waals surface area contributed by atoms with Gasteiger partial charge in [0.2, 0.25) is 0 Å². The maximum Gasteiger partial charge on any atom is 0.335 e. The Balaban J connectivity index is 0.000000550. The number of halogens is 1. The summed E-state index contributed by atoms with van der Waals surface area (Å²) in [4.78, 5) is 22.9. The molecule has 0 aliphatic carbocycles. The zero-order valence-electron chi connectivity index (χ0n) is 9.52. The Bertz CT molecular complexity index is 572. The van der Waals surface area contributed by atoms with Crippen molar-refractivity contribution in [3.8, 4) is 11.3 Å². The lowest BCUT2D eigenvalue weighted by Crippen LogP contribution is -1.97. The Hall–Kier alpha value is -2.83. The number of pyridine rings is 1. The number of rotatable bonds is 2. The van der Waals surface area contributed by atoms with Crippen LogP contribution in [0.15, 0.2) is 47.9 Å². The largest absolute Gasteiger partial charge is 0.478 e. The minimum Gasteiger partial charge on any atom is -0.478 e. The lowest BCUT2D eigenvalue weighted by Gasteiger charge is -2.01. The number of nitrogens with zero attached hydrogens (tertiary/aromatic N) is 2. The second-order valence-electron chi connectivity index (χ2n) is 3.32. The molecule has 0 saturated carbocycles. The molecule has 19 heavy (non-hydrogen) atoms. The van der Waals surface area contributed by atoms with Crippen LogP contribution in [-0.4, -0.2) is 21.3 Å². The van der Waals surface area contributed by atoms with Crippen molar-refractivity contribution in [2.45, 2.75) is 0 Å². The first-order chi connectivity index (χ1) is 9.08. The van der Waals surface area contributed by atoms with E-state index in [-0.39, 0.29) is 11.4 Å². The molecule has 0 fully saturated rings. The first-order valence-electron chi connectivity index (χ1n) is 5.00. The number of hydrogen-bond donors (Lipinski definition) is 2. The summed E-state index contributed by atoms with van der Waals surface area (Å²) in [6.45, 7) is 0. The van der Waals surface area contributed by atoms with E-state index in [1.54, 1.807) is 12.1 Å². The molecule has 0 unspecified atom stereocenters. The monoisotopic (exact) mass is 264 g/mol. The van der Waals surface area contributed by atoms with E-state index in [4.69, 9.17) is 15.2 Å². The van der Waals surface area contributed by atoms with Crippen molar-refractivity contribution < 1.29 is 19.5 Å². The third kappa shape index (κ3) is 4.15. The molecule has 7 heteroatoms. The molecule has 2 aromatic rings. The van der Waals surface area contributed by atoms with E-state index in [2.05, 4.69) is 4.98 Å². The average Bonchev–Trinajstić information content (AvgIpc) is 2.40. The summed E-state index contributed by atoms with van der Waals surface area (Å²) >= 11 is 0. The Morgan fingerprint density at radius 3 is 2.32 bits per heavy atom. The summed E-state index contributed by atoms with van der Waals surface area (Å²) in [7, 11) is 0. The van der Waals surface area contributed by atoms with Crippen LogP contribution in [0, 0.1) is 10.7 Å². The van der Waals surface area contributed by atoms with Gasteiger partial charge >= 0.3 is 5.97 Å². The highest BCUT2D eigenvalue weighted by atomic mass is 19.1. The van der Waals surface area contributed by atoms with Gasteiger partial charge in [0.25, 0.3) is 0 Å². The molecule has 2 N–H and O–H groups in total. The van der Waals surface area contributed by atoms with E-state index >= 15 is 0 Å². The van der Waals surface area contributed by atoms with Gasteiger partial charge in [-0.05, 0) is 36.4 Å². The smallest absolute Gasteiger partial charge is 0.335 e. The zero-order valence-corrected chi connectivity index (χ0v) is 9.52. The van der Waals surface area contributed by atoms with Crippen LogP contribution in [0.5, 0.6) is 0 Å². The van der Waals surface area contributed by atoms with Crippen molar-refractivity contribution in [2.24, 2.45) is 5.34 Å². The van der Waals surface area contributed by atoms with Gasteiger partial charge in [0.1, 0.15) is 5.82 Å². The Morgan fingerprint density at radius 1 is 1.21 bits per heavy atom.